The van der Waals surface area contributed by atoms with E-state index in [0.717, 1.165) is 25.1 Å². The van der Waals surface area contributed by atoms with Gasteiger partial charge in [0.25, 0.3) is 5.91 Å². The van der Waals surface area contributed by atoms with E-state index in [1.54, 1.807) is 4.68 Å². The molecule has 0 spiro atoms. The second kappa shape index (κ2) is 7.48. The van der Waals surface area contributed by atoms with Crippen LogP contribution in [0, 0.1) is 12.8 Å². The van der Waals surface area contributed by atoms with Crippen molar-refractivity contribution in [3.05, 3.63) is 52.5 Å². The van der Waals surface area contributed by atoms with Gasteiger partial charge in [0, 0.05) is 49.2 Å². The Labute approximate surface area is 190 Å². The number of aromatic nitrogens is 3. The van der Waals surface area contributed by atoms with Crippen LogP contribution in [0.3, 0.4) is 0 Å². The summed E-state index contributed by atoms with van der Waals surface area (Å²) in [6, 6.07) is 7.16. The Bertz CT molecular complexity index is 1180. The summed E-state index contributed by atoms with van der Waals surface area (Å²) in [5, 5.41) is 8.92. The molecule has 1 fully saturated rings. The van der Waals surface area contributed by atoms with Crippen molar-refractivity contribution in [3.8, 4) is 0 Å². The van der Waals surface area contributed by atoms with Gasteiger partial charge in [-0.3, -0.25) is 9.48 Å². The third kappa shape index (κ3) is 3.54. The number of nitrogens with zero attached hydrogens (tertiary/aromatic N) is 3. The van der Waals surface area contributed by atoms with E-state index in [1.165, 1.54) is 27.6 Å². The molecule has 0 saturated carbocycles. The van der Waals surface area contributed by atoms with Crippen molar-refractivity contribution < 1.29 is 4.79 Å². The molecule has 6 heteroatoms. The molecule has 32 heavy (non-hydrogen) atoms. The van der Waals surface area contributed by atoms with Gasteiger partial charge in [0.15, 0.2) is 0 Å². The first-order valence-corrected chi connectivity index (χ1v) is 11.7. The number of likely N-dealkylation sites (tertiary alicyclic amines) is 1. The Balaban J connectivity index is 1.41. The number of likely N-dealkylation sites (N-methyl/N-ethyl adjacent to an activating group) is 1. The Morgan fingerprint density at radius 2 is 2.03 bits per heavy atom. The molecule has 2 aliphatic rings. The number of fused-ring (bicyclic) bond motifs is 2. The number of carbonyl (C=O) groups excluding carboxylic acids is 1. The lowest BCUT2D eigenvalue weighted by Gasteiger charge is -2.46. The summed E-state index contributed by atoms with van der Waals surface area (Å²) in [6.45, 7) is 10.5. The van der Waals surface area contributed by atoms with Crippen molar-refractivity contribution >= 4 is 16.8 Å². The lowest BCUT2D eigenvalue weighted by Crippen LogP contribution is -2.50. The topological polar surface area (TPSA) is 66.0 Å². The average Bonchev–Trinajstić information content (AvgIpc) is 3.29. The number of aromatic amines is 1. The number of benzene rings is 1. The van der Waals surface area contributed by atoms with Gasteiger partial charge in [-0.2, -0.15) is 5.10 Å². The number of hydrogen-bond acceptors (Lipinski definition) is 3. The third-order valence-electron chi connectivity index (χ3n) is 7.54. The lowest BCUT2D eigenvalue weighted by molar-refractivity contribution is 0.0883. The monoisotopic (exact) mass is 433 g/mol. The van der Waals surface area contributed by atoms with Crippen LogP contribution in [0.1, 0.15) is 66.0 Å². The highest BCUT2D eigenvalue weighted by molar-refractivity contribution is 5.92. The number of hydrogen-bond donors (Lipinski definition) is 2. The highest BCUT2D eigenvalue weighted by Gasteiger charge is 2.40. The molecule has 1 aliphatic carbocycles. The fourth-order valence-electron chi connectivity index (χ4n) is 5.86. The number of carbonyl (C=O) groups is 1. The van der Waals surface area contributed by atoms with Gasteiger partial charge in [-0.1, -0.05) is 26.8 Å². The molecule has 3 atom stereocenters. The van der Waals surface area contributed by atoms with Crippen LogP contribution in [0.5, 0.6) is 0 Å². The van der Waals surface area contributed by atoms with Gasteiger partial charge < -0.3 is 15.2 Å². The molecule has 5 rings (SSSR count). The van der Waals surface area contributed by atoms with Crippen molar-refractivity contribution in [1.29, 1.82) is 0 Å². The number of aryl methyl sites for hydroxylation is 2. The summed E-state index contributed by atoms with van der Waals surface area (Å²) in [4.78, 5) is 18.8. The molecule has 1 amide bonds. The first-order valence-electron chi connectivity index (χ1n) is 11.7. The minimum atomic E-state index is -0.0356. The van der Waals surface area contributed by atoms with Crippen LogP contribution in [-0.2, 0) is 18.9 Å². The van der Waals surface area contributed by atoms with Gasteiger partial charge in [0.1, 0.15) is 5.69 Å². The quantitative estimate of drug-likeness (QED) is 0.658. The van der Waals surface area contributed by atoms with Crippen LogP contribution in [-0.4, -0.2) is 51.8 Å². The summed E-state index contributed by atoms with van der Waals surface area (Å²) < 4.78 is 1.66. The highest BCUT2D eigenvalue weighted by atomic mass is 16.2. The second-order valence-corrected chi connectivity index (χ2v) is 11.0. The number of rotatable bonds is 3. The van der Waals surface area contributed by atoms with Crippen molar-refractivity contribution in [1.82, 2.24) is 25.0 Å². The SMILES string of the molecule is Cc1cc(C(=O)NC[C@@H]2C[C@@H]3c4cc(C(C)(C)C)cc5[nH]cc(c45)C[C@H]3N(C)C2)n(C)n1. The van der Waals surface area contributed by atoms with E-state index in [9.17, 15) is 4.79 Å². The number of amides is 1. The Morgan fingerprint density at radius 3 is 2.72 bits per heavy atom. The van der Waals surface area contributed by atoms with Gasteiger partial charge >= 0.3 is 0 Å². The fourth-order valence-corrected chi connectivity index (χ4v) is 5.86. The normalized spacial score (nSPS) is 23.4. The summed E-state index contributed by atoms with van der Waals surface area (Å²) in [5.41, 5.74) is 7.19. The van der Waals surface area contributed by atoms with Crippen LogP contribution in [0.4, 0.5) is 0 Å². The molecule has 0 unspecified atom stereocenters. The van der Waals surface area contributed by atoms with Crippen LogP contribution in [0.15, 0.2) is 24.4 Å². The molecule has 1 aliphatic heterocycles. The summed E-state index contributed by atoms with van der Waals surface area (Å²) in [7, 11) is 4.07. The van der Waals surface area contributed by atoms with E-state index < -0.39 is 0 Å². The maximum Gasteiger partial charge on any atom is 0.269 e. The van der Waals surface area contributed by atoms with Crippen molar-refractivity contribution in [3.63, 3.8) is 0 Å². The molecule has 6 nitrogen and oxygen atoms in total. The van der Waals surface area contributed by atoms with E-state index >= 15 is 0 Å². The number of nitrogens with one attached hydrogen (secondary N) is 2. The molecular formula is C26H35N5O. The van der Waals surface area contributed by atoms with Gasteiger partial charge in [0.05, 0.1) is 5.69 Å². The Hall–Kier alpha value is -2.60. The van der Waals surface area contributed by atoms with Crippen LogP contribution in [0.2, 0.25) is 0 Å². The summed E-state index contributed by atoms with van der Waals surface area (Å²) in [5.74, 6) is 0.877. The lowest BCUT2D eigenvalue weighted by atomic mass is 9.71. The molecule has 3 heterocycles. The maximum atomic E-state index is 12.7. The van der Waals surface area contributed by atoms with Gasteiger partial charge in [-0.05, 0) is 67.0 Å². The predicted octanol–water partition coefficient (Wildman–Crippen LogP) is 3.90. The minimum absolute atomic E-state index is 0.0356. The zero-order valence-corrected chi connectivity index (χ0v) is 20.1. The zero-order chi connectivity index (χ0) is 22.8. The van der Waals surface area contributed by atoms with Crippen LogP contribution < -0.4 is 5.32 Å². The van der Waals surface area contributed by atoms with Gasteiger partial charge in [0.2, 0.25) is 0 Å². The molecule has 3 aromatic rings. The van der Waals surface area contributed by atoms with E-state index in [2.05, 4.69) is 66.4 Å². The molecule has 0 radical (unpaired) electrons. The first-order chi connectivity index (χ1) is 15.1. The third-order valence-corrected chi connectivity index (χ3v) is 7.54. The van der Waals surface area contributed by atoms with Gasteiger partial charge in [-0.25, -0.2) is 0 Å². The van der Waals surface area contributed by atoms with E-state index in [0.29, 0.717) is 30.1 Å². The predicted molar refractivity (Wildman–Crippen MR) is 128 cm³/mol. The van der Waals surface area contributed by atoms with Gasteiger partial charge in [-0.15, -0.1) is 0 Å². The zero-order valence-electron chi connectivity index (χ0n) is 20.1. The largest absolute Gasteiger partial charge is 0.361 e. The first kappa shape index (κ1) is 21.3. The highest BCUT2D eigenvalue weighted by Crippen LogP contribution is 2.45. The van der Waals surface area contributed by atoms with Crippen molar-refractivity contribution in [2.24, 2.45) is 13.0 Å². The summed E-state index contributed by atoms with van der Waals surface area (Å²) in [6.07, 6.45) is 4.41. The molecule has 170 valence electrons. The van der Waals surface area contributed by atoms with Crippen molar-refractivity contribution in [2.75, 3.05) is 20.1 Å². The molecule has 0 bridgehead atoms. The van der Waals surface area contributed by atoms with E-state index in [-0.39, 0.29) is 11.3 Å². The van der Waals surface area contributed by atoms with Crippen LogP contribution in [0.25, 0.3) is 10.9 Å². The molecule has 1 saturated heterocycles. The fraction of sp³-hybridized carbons (Fsp3) is 0.538. The van der Waals surface area contributed by atoms with Crippen LogP contribution >= 0.6 is 0 Å². The Kier molecular flexibility index (Phi) is 4.97. The molecular weight excluding hydrogens is 398 g/mol. The standard InChI is InChI=1S/C26H35N5O/c1-15-7-23(31(6)29-15)25(32)28-12-16-8-19-20-10-18(26(2,3)4)11-21-24(20)17(13-27-21)9-22(19)30(5)14-16/h7,10-11,13,16,19,22,27H,8-9,12,14H2,1-6H3,(H,28,32)/t16-,19+,22+/m0/s1. The van der Waals surface area contributed by atoms with Crippen molar-refractivity contribution in [2.45, 2.75) is 57.9 Å². The average molecular weight is 434 g/mol. The smallest absolute Gasteiger partial charge is 0.269 e. The minimum Gasteiger partial charge on any atom is -0.361 e. The maximum absolute atomic E-state index is 12.7. The molecule has 2 aromatic heterocycles. The summed E-state index contributed by atoms with van der Waals surface area (Å²) >= 11 is 0. The number of piperidine rings is 1. The Morgan fingerprint density at radius 1 is 1.25 bits per heavy atom. The van der Waals surface area contributed by atoms with E-state index in [1.807, 2.05) is 20.0 Å². The number of H-pyrrole nitrogens is 1. The van der Waals surface area contributed by atoms with E-state index in [4.69, 9.17) is 0 Å². The second-order valence-electron chi connectivity index (χ2n) is 11.0. The molecule has 1 aromatic carbocycles. The molecule has 2 N–H and O–H groups in total.